The Hall–Kier alpha value is -2.44. The summed E-state index contributed by atoms with van der Waals surface area (Å²) in [6, 6.07) is 4.37. The van der Waals surface area contributed by atoms with Crippen LogP contribution in [0.25, 0.3) is 5.69 Å². The van der Waals surface area contributed by atoms with Gasteiger partial charge in [-0.2, -0.15) is 0 Å². The van der Waals surface area contributed by atoms with E-state index >= 15 is 0 Å². The Labute approximate surface area is 101 Å². The number of nitrogens with zero attached hydrogens (tertiary/aromatic N) is 2. The van der Waals surface area contributed by atoms with Crippen LogP contribution in [0.1, 0.15) is 12.6 Å². The van der Waals surface area contributed by atoms with E-state index in [0.717, 1.165) is 22.9 Å². The van der Waals surface area contributed by atoms with Crippen molar-refractivity contribution in [2.24, 2.45) is 0 Å². The lowest BCUT2D eigenvalue weighted by Crippen LogP contribution is -2.13. The molecule has 0 aliphatic carbocycles. The first-order valence-electron chi connectivity index (χ1n) is 5.27. The zero-order valence-corrected chi connectivity index (χ0v) is 9.51. The van der Waals surface area contributed by atoms with Crippen molar-refractivity contribution >= 4 is 5.69 Å². The summed E-state index contributed by atoms with van der Waals surface area (Å²) in [5, 5.41) is 13.4. The standard InChI is InChI=1S/C11H10FN3O3/c1-2-8-5-11(16)14(13-8)9-3-7(12)4-10(6-9)15(17)18/h3-6,13H,2H2,1H3. The number of nitro benzene ring substituents is 1. The summed E-state index contributed by atoms with van der Waals surface area (Å²) >= 11 is 0. The van der Waals surface area contributed by atoms with Gasteiger partial charge >= 0.3 is 0 Å². The highest BCUT2D eigenvalue weighted by Crippen LogP contribution is 2.18. The second-order valence-electron chi connectivity index (χ2n) is 3.73. The molecule has 1 N–H and O–H groups in total. The van der Waals surface area contributed by atoms with Crippen molar-refractivity contribution in [1.29, 1.82) is 0 Å². The van der Waals surface area contributed by atoms with Gasteiger partial charge in [0.2, 0.25) is 0 Å². The smallest absolute Gasteiger partial charge is 0.274 e. The molecule has 1 heterocycles. The topological polar surface area (TPSA) is 80.9 Å². The van der Waals surface area contributed by atoms with Crippen molar-refractivity contribution in [3.05, 3.63) is 56.2 Å². The summed E-state index contributed by atoms with van der Waals surface area (Å²) < 4.78 is 14.3. The van der Waals surface area contributed by atoms with Gasteiger partial charge in [-0.15, -0.1) is 0 Å². The van der Waals surface area contributed by atoms with Crippen LogP contribution >= 0.6 is 0 Å². The molecule has 7 heteroatoms. The van der Waals surface area contributed by atoms with Crippen LogP contribution in [0.4, 0.5) is 10.1 Å². The number of aryl methyl sites for hydroxylation is 1. The molecule has 0 atom stereocenters. The maximum absolute atomic E-state index is 13.3. The molecular weight excluding hydrogens is 241 g/mol. The zero-order valence-electron chi connectivity index (χ0n) is 9.51. The minimum absolute atomic E-state index is 0.103. The molecule has 94 valence electrons. The van der Waals surface area contributed by atoms with E-state index in [9.17, 15) is 19.3 Å². The molecule has 2 rings (SSSR count). The Kier molecular flexibility index (Phi) is 2.97. The van der Waals surface area contributed by atoms with Gasteiger partial charge in [0.1, 0.15) is 5.82 Å². The van der Waals surface area contributed by atoms with E-state index in [1.165, 1.54) is 6.07 Å². The molecule has 0 radical (unpaired) electrons. The summed E-state index contributed by atoms with van der Waals surface area (Å²) in [5.41, 5.74) is -0.00499. The third kappa shape index (κ3) is 2.15. The number of nitro groups is 1. The maximum atomic E-state index is 13.3. The summed E-state index contributed by atoms with van der Waals surface area (Å²) in [6.07, 6.45) is 0.611. The van der Waals surface area contributed by atoms with E-state index in [4.69, 9.17) is 0 Å². The van der Waals surface area contributed by atoms with Gasteiger partial charge in [0.25, 0.3) is 11.2 Å². The molecule has 6 nitrogen and oxygen atoms in total. The van der Waals surface area contributed by atoms with E-state index in [0.29, 0.717) is 12.1 Å². The molecule has 0 amide bonds. The lowest BCUT2D eigenvalue weighted by Gasteiger charge is -2.02. The molecule has 0 unspecified atom stereocenters. The van der Waals surface area contributed by atoms with E-state index < -0.39 is 16.4 Å². The first-order valence-corrected chi connectivity index (χ1v) is 5.27. The average molecular weight is 251 g/mol. The van der Waals surface area contributed by atoms with E-state index in [-0.39, 0.29) is 11.2 Å². The first kappa shape index (κ1) is 12.0. The number of aromatic amines is 1. The lowest BCUT2D eigenvalue weighted by molar-refractivity contribution is -0.385. The number of hydrogen-bond acceptors (Lipinski definition) is 3. The fourth-order valence-electron chi connectivity index (χ4n) is 1.61. The second kappa shape index (κ2) is 4.44. The monoisotopic (exact) mass is 251 g/mol. The van der Waals surface area contributed by atoms with Gasteiger partial charge in [-0.1, -0.05) is 6.92 Å². The second-order valence-corrected chi connectivity index (χ2v) is 3.73. The van der Waals surface area contributed by atoms with Crippen molar-refractivity contribution in [3.63, 3.8) is 0 Å². The molecule has 0 saturated heterocycles. The fourth-order valence-corrected chi connectivity index (χ4v) is 1.61. The Balaban J connectivity index is 2.59. The summed E-state index contributed by atoms with van der Waals surface area (Å²) in [4.78, 5) is 21.5. The maximum Gasteiger partial charge on any atom is 0.274 e. The van der Waals surface area contributed by atoms with Crippen molar-refractivity contribution in [1.82, 2.24) is 9.78 Å². The van der Waals surface area contributed by atoms with Crippen LogP contribution in [0.5, 0.6) is 0 Å². The summed E-state index contributed by atoms with van der Waals surface area (Å²) in [7, 11) is 0. The van der Waals surface area contributed by atoms with Crippen molar-refractivity contribution in [2.45, 2.75) is 13.3 Å². The molecule has 0 fully saturated rings. The SMILES string of the molecule is CCc1cc(=O)n(-c2cc(F)cc([N+](=O)[O-])c2)[nH]1. The Morgan fingerprint density at radius 2 is 2.11 bits per heavy atom. The van der Waals surface area contributed by atoms with Crippen LogP contribution in [-0.4, -0.2) is 14.7 Å². The number of halogens is 1. The molecule has 1 aromatic carbocycles. The number of benzene rings is 1. The zero-order chi connectivity index (χ0) is 13.3. The number of hydrogen-bond donors (Lipinski definition) is 1. The van der Waals surface area contributed by atoms with Gasteiger partial charge in [-0.25, -0.2) is 9.07 Å². The minimum Gasteiger partial charge on any atom is -0.295 e. The van der Waals surface area contributed by atoms with Gasteiger partial charge in [-0.3, -0.25) is 20.0 Å². The number of rotatable bonds is 3. The summed E-state index contributed by atoms with van der Waals surface area (Å²) in [6.45, 7) is 1.85. The predicted octanol–water partition coefficient (Wildman–Crippen LogP) is 1.78. The van der Waals surface area contributed by atoms with Gasteiger partial charge in [0.05, 0.1) is 16.7 Å². The Morgan fingerprint density at radius 1 is 1.39 bits per heavy atom. The summed E-state index contributed by atoms with van der Waals surface area (Å²) in [5.74, 6) is -0.765. The van der Waals surface area contributed by atoms with Gasteiger partial charge < -0.3 is 0 Å². The molecule has 18 heavy (non-hydrogen) atoms. The van der Waals surface area contributed by atoms with Crippen LogP contribution in [0.2, 0.25) is 0 Å². The number of non-ortho nitro benzene ring substituents is 1. The van der Waals surface area contributed by atoms with Gasteiger partial charge in [-0.05, 0) is 6.42 Å². The van der Waals surface area contributed by atoms with Gasteiger partial charge in [0, 0.05) is 23.9 Å². The first-order chi connectivity index (χ1) is 8.51. The Morgan fingerprint density at radius 3 is 2.67 bits per heavy atom. The minimum atomic E-state index is -0.765. The Bertz CT molecular complexity index is 660. The van der Waals surface area contributed by atoms with Crippen molar-refractivity contribution in [2.75, 3.05) is 0 Å². The molecule has 0 bridgehead atoms. The molecule has 0 aliphatic heterocycles. The van der Waals surface area contributed by atoms with Crippen LogP contribution in [0.3, 0.4) is 0 Å². The van der Waals surface area contributed by atoms with E-state index in [1.54, 1.807) is 0 Å². The number of H-pyrrole nitrogens is 1. The third-order valence-electron chi connectivity index (χ3n) is 2.49. The van der Waals surface area contributed by atoms with E-state index in [2.05, 4.69) is 5.10 Å². The molecule has 2 aromatic rings. The highest BCUT2D eigenvalue weighted by Gasteiger charge is 2.12. The average Bonchev–Trinajstić information content (AvgIpc) is 2.69. The molecule has 1 aromatic heterocycles. The van der Waals surface area contributed by atoms with Crippen LogP contribution in [0.15, 0.2) is 29.1 Å². The lowest BCUT2D eigenvalue weighted by atomic mass is 10.2. The number of aromatic nitrogens is 2. The molecular formula is C11H10FN3O3. The van der Waals surface area contributed by atoms with Crippen molar-refractivity contribution < 1.29 is 9.31 Å². The molecule has 0 saturated carbocycles. The van der Waals surface area contributed by atoms with Crippen LogP contribution < -0.4 is 5.56 Å². The fraction of sp³-hybridized carbons (Fsp3) is 0.182. The van der Waals surface area contributed by atoms with Crippen molar-refractivity contribution in [3.8, 4) is 5.69 Å². The quantitative estimate of drug-likeness (QED) is 0.666. The molecule has 0 aliphatic rings. The largest absolute Gasteiger partial charge is 0.295 e. The molecule has 0 spiro atoms. The van der Waals surface area contributed by atoms with Crippen LogP contribution in [0, 0.1) is 15.9 Å². The van der Waals surface area contributed by atoms with Crippen LogP contribution in [-0.2, 0) is 6.42 Å². The number of nitrogens with one attached hydrogen (secondary N) is 1. The van der Waals surface area contributed by atoms with E-state index in [1.807, 2.05) is 6.92 Å². The highest BCUT2D eigenvalue weighted by molar-refractivity contribution is 5.43. The third-order valence-corrected chi connectivity index (χ3v) is 2.49. The normalized spacial score (nSPS) is 10.6. The predicted molar refractivity (Wildman–Crippen MR) is 62.4 cm³/mol. The van der Waals surface area contributed by atoms with Gasteiger partial charge in [0.15, 0.2) is 0 Å². The highest BCUT2D eigenvalue weighted by atomic mass is 19.1.